The van der Waals surface area contributed by atoms with Crippen molar-refractivity contribution in [1.82, 2.24) is 14.8 Å². The van der Waals surface area contributed by atoms with Crippen LogP contribution in [-0.2, 0) is 16.1 Å². The zero-order valence-electron chi connectivity index (χ0n) is 14.5. The normalized spacial score (nSPS) is 18.5. The number of piperidine rings is 1. The molecule has 1 aromatic heterocycles. The van der Waals surface area contributed by atoms with Crippen molar-refractivity contribution >= 4 is 33.4 Å². The van der Waals surface area contributed by atoms with E-state index < -0.39 is 0 Å². The van der Waals surface area contributed by atoms with Crippen molar-refractivity contribution in [3.63, 3.8) is 0 Å². The number of fused-ring (bicyclic) bond motifs is 1. The molecule has 6 heteroatoms. The lowest BCUT2D eigenvalue weighted by molar-refractivity contribution is -0.140. The van der Waals surface area contributed by atoms with Crippen LogP contribution >= 0.6 is 11.3 Å². The second-order valence-corrected chi connectivity index (χ2v) is 8.26. The number of rotatable bonds is 4. The first kappa shape index (κ1) is 16.5. The molecule has 0 atom stereocenters. The number of amides is 2. The van der Waals surface area contributed by atoms with Crippen LogP contribution in [-0.4, -0.2) is 46.7 Å². The number of aromatic nitrogens is 1. The Morgan fingerprint density at radius 3 is 2.56 bits per heavy atom. The van der Waals surface area contributed by atoms with Gasteiger partial charge in [-0.3, -0.25) is 9.59 Å². The molecule has 0 spiro atoms. The summed E-state index contributed by atoms with van der Waals surface area (Å²) in [6.45, 7) is 2.00. The molecule has 1 saturated heterocycles. The van der Waals surface area contributed by atoms with Gasteiger partial charge in [0.25, 0.3) is 0 Å². The summed E-state index contributed by atoms with van der Waals surface area (Å²) in [5.41, 5.74) is 0.996. The first-order valence-corrected chi connectivity index (χ1v) is 9.81. The Bertz CT molecular complexity index is 758. The van der Waals surface area contributed by atoms with Crippen LogP contribution in [0.15, 0.2) is 24.3 Å². The van der Waals surface area contributed by atoms with E-state index in [4.69, 9.17) is 0 Å². The summed E-state index contributed by atoms with van der Waals surface area (Å²) in [5, 5.41) is 0.971. The van der Waals surface area contributed by atoms with Crippen LogP contribution in [0.5, 0.6) is 0 Å². The van der Waals surface area contributed by atoms with E-state index >= 15 is 0 Å². The topological polar surface area (TPSA) is 53.5 Å². The maximum Gasteiger partial charge on any atom is 0.225 e. The molecule has 1 saturated carbocycles. The third kappa shape index (κ3) is 3.54. The summed E-state index contributed by atoms with van der Waals surface area (Å²) >= 11 is 1.65. The van der Waals surface area contributed by atoms with Gasteiger partial charge in [0, 0.05) is 32.0 Å². The quantitative estimate of drug-likeness (QED) is 0.845. The smallest absolute Gasteiger partial charge is 0.225 e. The highest BCUT2D eigenvalue weighted by Crippen LogP contribution is 2.32. The number of para-hydroxylation sites is 1. The SMILES string of the molecule is CN(Cc1nc2ccccc2s1)C(=O)C1CCN(C(=O)C2CC2)CC1. The number of benzene rings is 1. The van der Waals surface area contributed by atoms with Crippen LogP contribution in [0.2, 0.25) is 0 Å². The van der Waals surface area contributed by atoms with Gasteiger partial charge in [-0.05, 0) is 37.8 Å². The third-order valence-corrected chi connectivity index (χ3v) is 6.19. The van der Waals surface area contributed by atoms with E-state index in [1.165, 1.54) is 0 Å². The van der Waals surface area contributed by atoms with E-state index in [2.05, 4.69) is 11.1 Å². The highest BCUT2D eigenvalue weighted by molar-refractivity contribution is 7.18. The third-order valence-electron chi connectivity index (χ3n) is 5.17. The van der Waals surface area contributed by atoms with Crippen molar-refractivity contribution in [2.24, 2.45) is 11.8 Å². The first-order valence-electron chi connectivity index (χ1n) is 9.00. The van der Waals surface area contributed by atoms with Gasteiger partial charge in [-0.25, -0.2) is 4.98 Å². The summed E-state index contributed by atoms with van der Waals surface area (Å²) in [4.78, 5) is 33.2. The fraction of sp³-hybridized carbons (Fsp3) is 0.526. The molecule has 25 heavy (non-hydrogen) atoms. The van der Waals surface area contributed by atoms with Crippen LogP contribution in [0.1, 0.15) is 30.7 Å². The zero-order valence-corrected chi connectivity index (χ0v) is 15.3. The van der Waals surface area contributed by atoms with Crippen molar-refractivity contribution in [1.29, 1.82) is 0 Å². The monoisotopic (exact) mass is 357 g/mol. The van der Waals surface area contributed by atoms with Crippen LogP contribution < -0.4 is 0 Å². The van der Waals surface area contributed by atoms with Gasteiger partial charge in [-0.15, -0.1) is 11.3 Å². The van der Waals surface area contributed by atoms with E-state index in [0.29, 0.717) is 12.5 Å². The molecule has 0 bridgehead atoms. The molecular formula is C19H23N3O2S. The number of nitrogens with zero attached hydrogens (tertiary/aromatic N) is 3. The number of thiazole rings is 1. The van der Waals surface area contributed by atoms with Gasteiger partial charge in [-0.1, -0.05) is 12.1 Å². The van der Waals surface area contributed by atoms with Crippen LogP contribution in [0.3, 0.4) is 0 Å². The van der Waals surface area contributed by atoms with Crippen molar-refractivity contribution in [3.05, 3.63) is 29.3 Å². The summed E-state index contributed by atoms with van der Waals surface area (Å²) in [7, 11) is 1.86. The molecule has 4 rings (SSSR count). The molecule has 5 nitrogen and oxygen atoms in total. The number of carbonyl (C=O) groups excluding carboxylic acids is 2. The van der Waals surface area contributed by atoms with Crippen LogP contribution in [0.4, 0.5) is 0 Å². The second kappa shape index (κ2) is 6.75. The van der Waals surface area contributed by atoms with E-state index in [-0.39, 0.29) is 17.7 Å². The van der Waals surface area contributed by atoms with Gasteiger partial charge in [0.15, 0.2) is 0 Å². The molecule has 0 N–H and O–H groups in total. The molecular weight excluding hydrogens is 334 g/mol. The Morgan fingerprint density at radius 2 is 1.88 bits per heavy atom. The molecule has 2 aliphatic rings. The zero-order chi connectivity index (χ0) is 17.4. The number of carbonyl (C=O) groups is 2. The van der Waals surface area contributed by atoms with Crippen molar-refractivity contribution in [2.45, 2.75) is 32.2 Å². The molecule has 132 valence electrons. The van der Waals surface area contributed by atoms with Crippen molar-refractivity contribution in [2.75, 3.05) is 20.1 Å². The molecule has 2 aromatic rings. The molecule has 2 amide bonds. The molecule has 1 aromatic carbocycles. The van der Waals surface area contributed by atoms with Gasteiger partial charge < -0.3 is 9.80 Å². The second-order valence-electron chi connectivity index (χ2n) is 7.14. The molecule has 2 fully saturated rings. The van der Waals surface area contributed by atoms with Crippen molar-refractivity contribution in [3.8, 4) is 0 Å². The molecule has 1 aliphatic heterocycles. The first-order chi connectivity index (χ1) is 12.1. The van der Waals surface area contributed by atoms with E-state index in [0.717, 1.165) is 54.0 Å². The maximum absolute atomic E-state index is 12.7. The van der Waals surface area contributed by atoms with Gasteiger partial charge in [0.05, 0.1) is 16.8 Å². The van der Waals surface area contributed by atoms with Gasteiger partial charge in [0.2, 0.25) is 11.8 Å². The maximum atomic E-state index is 12.7. The predicted molar refractivity (Wildman–Crippen MR) is 98.1 cm³/mol. The van der Waals surface area contributed by atoms with Crippen LogP contribution in [0, 0.1) is 11.8 Å². The minimum atomic E-state index is 0.0302. The van der Waals surface area contributed by atoms with Gasteiger partial charge in [0.1, 0.15) is 5.01 Å². The molecule has 0 radical (unpaired) electrons. The number of hydrogen-bond acceptors (Lipinski definition) is 4. The average Bonchev–Trinajstić information content (AvgIpc) is 3.40. The summed E-state index contributed by atoms with van der Waals surface area (Å²) in [5.74, 6) is 0.781. The molecule has 2 heterocycles. The van der Waals surface area contributed by atoms with E-state index in [9.17, 15) is 9.59 Å². The highest BCUT2D eigenvalue weighted by Gasteiger charge is 2.36. The van der Waals surface area contributed by atoms with Crippen LogP contribution in [0.25, 0.3) is 10.2 Å². The van der Waals surface area contributed by atoms with E-state index in [1.807, 2.05) is 30.1 Å². The Hall–Kier alpha value is -1.95. The standard InChI is InChI=1S/C19H23N3O2S/c1-21(12-17-20-15-4-2-3-5-16(15)25-17)18(23)14-8-10-22(11-9-14)19(24)13-6-7-13/h2-5,13-14H,6-12H2,1H3. The predicted octanol–water partition coefficient (Wildman–Crippen LogP) is 2.90. The fourth-order valence-corrected chi connectivity index (χ4v) is 4.54. The Kier molecular flexibility index (Phi) is 4.46. The summed E-state index contributed by atoms with van der Waals surface area (Å²) in [6.07, 6.45) is 3.65. The lowest BCUT2D eigenvalue weighted by Gasteiger charge is -2.33. The largest absolute Gasteiger partial charge is 0.342 e. The summed E-state index contributed by atoms with van der Waals surface area (Å²) in [6, 6.07) is 8.06. The Balaban J connectivity index is 1.33. The number of likely N-dealkylation sites (tertiary alicyclic amines) is 1. The highest BCUT2D eigenvalue weighted by atomic mass is 32.1. The van der Waals surface area contributed by atoms with E-state index in [1.54, 1.807) is 16.2 Å². The minimum Gasteiger partial charge on any atom is -0.342 e. The Labute approximate surface area is 151 Å². The van der Waals surface area contributed by atoms with Gasteiger partial charge in [-0.2, -0.15) is 0 Å². The average molecular weight is 357 g/mol. The lowest BCUT2D eigenvalue weighted by atomic mass is 9.95. The number of hydrogen-bond donors (Lipinski definition) is 0. The minimum absolute atomic E-state index is 0.0302. The molecule has 0 unspecified atom stereocenters. The Morgan fingerprint density at radius 1 is 1.16 bits per heavy atom. The summed E-state index contributed by atoms with van der Waals surface area (Å²) < 4.78 is 1.16. The lowest BCUT2D eigenvalue weighted by Crippen LogP contribution is -2.43. The van der Waals surface area contributed by atoms with Crippen molar-refractivity contribution < 1.29 is 9.59 Å². The molecule has 1 aliphatic carbocycles. The van der Waals surface area contributed by atoms with Gasteiger partial charge >= 0.3 is 0 Å². The fourth-order valence-electron chi connectivity index (χ4n) is 3.52.